The average Bonchev–Trinajstić information content (AvgIpc) is 2.05. The van der Waals surface area contributed by atoms with E-state index in [1.165, 1.54) is 0 Å². The summed E-state index contributed by atoms with van der Waals surface area (Å²) >= 11 is 0. The molecule has 1 saturated heterocycles. The Morgan fingerprint density at radius 3 is 2.55 bits per heavy atom. The van der Waals surface area contributed by atoms with E-state index in [-0.39, 0.29) is 11.8 Å². The highest BCUT2D eigenvalue weighted by atomic mass is 16.1. The number of hydrogen-bond donors (Lipinski definition) is 2. The fourth-order valence-electron chi connectivity index (χ4n) is 1.58. The third-order valence-corrected chi connectivity index (χ3v) is 2.54. The summed E-state index contributed by atoms with van der Waals surface area (Å²) < 4.78 is 0. The third-order valence-electron chi connectivity index (χ3n) is 2.54. The minimum atomic E-state index is -0.156. The summed E-state index contributed by atoms with van der Waals surface area (Å²) in [5.74, 6) is 0.405. The van der Waals surface area contributed by atoms with E-state index < -0.39 is 0 Å². The Bertz CT molecular complexity index is 141. The lowest BCUT2D eigenvalue weighted by atomic mass is 9.86. The summed E-state index contributed by atoms with van der Waals surface area (Å²) in [7, 11) is 0. The smallest absolute Gasteiger partial charge is 0.220 e. The molecule has 1 atom stereocenters. The minimum absolute atomic E-state index is 0.0529. The molecule has 3 nitrogen and oxygen atoms in total. The molecule has 1 unspecified atom stereocenters. The van der Waals surface area contributed by atoms with Crippen LogP contribution in [0, 0.1) is 11.8 Å². The first-order chi connectivity index (χ1) is 5.22. The lowest BCUT2D eigenvalue weighted by Gasteiger charge is -2.26. The molecular weight excluding hydrogens is 140 g/mol. The van der Waals surface area contributed by atoms with Gasteiger partial charge in [-0.2, -0.15) is 0 Å². The highest BCUT2D eigenvalue weighted by Gasteiger charge is 2.23. The number of carbonyl (C=O) groups is 1. The lowest BCUT2D eigenvalue weighted by Crippen LogP contribution is -2.35. The maximum atomic E-state index is 10.8. The van der Waals surface area contributed by atoms with Gasteiger partial charge in [-0.05, 0) is 31.8 Å². The van der Waals surface area contributed by atoms with E-state index in [0.29, 0.717) is 5.92 Å². The van der Waals surface area contributed by atoms with Crippen LogP contribution in [0.25, 0.3) is 0 Å². The number of carbonyl (C=O) groups excluding carboxylic acids is 1. The van der Waals surface area contributed by atoms with E-state index in [9.17, 15) is 4.79 Å². The standard InChI is InChI=1S/C8H16N2O/c1-6(8(9)11)7-2-4-10-5-3-7/h6-7,10H,2-5H2,1H3,(H2,9,11). The molecule has 0 aromatic rings. The molecule has 0 aromatic heterocycles. The molecule has 0 spiro atoms. The van der Waals surface area contributed by atoms with E-state index in [0.717, 1.165) is 25.9 Å². The van der Waals surface area contributed by atoms with Crippen molar-refractivity contribution in [2.75, 3.05) is 13.1 Å². The van der Waals surface area contributed by atoms with Crippen LogP contribution < -0.4 is 11.1 Å². The van der Waals surface area contributed by atoms with Crippen LogP contribution in [0.1, 0.15) is 19.8 Å². The van der Waals surface area contributed by atoms with Crippen molar-refractivity contribution in [2.24, 2.45) is 17.6 Å². The Morgan fingerprint density at radius 2 is 2.09 bits per heavy atom. The first-order valence-electron chi connectivity index (χ1n) is 4.22. The van der Waals surface area contributed by atoms with Gasteiger partial charge < -0.3 is 11.1 Å². The summed E-state index contributed by atoms with van der Waals surface area (Å²) in [5, 5.41) is 3.26. The quantitative estimate of drug-likeness (QED) is 0.596. The number of hydrogen-bond acceptors (Lipinski definition) is 2. The van der Waals surface area contributed by atoms with Crippen molar-refractivity contribution in [3.05, 3.63) is 0 Å². The highest BCUT2D eigenvalue weighted by molar-refractivity contribution is 5.76. The number of nitrogens with two attached hydrogens (primary N) is 1. The largest absolute Gasteiger partial charge is 0.369 e. The lowest BCUT2D eigenvalue weighted by molar-refractivity contribution is -0.123. The normalized spacial score (nSPS) is 23.0. The van der Waals surface area contributed by atoms with Gasteiger partial charge in [0.15, 0.2) is 0 Å². The molecule has 3 heteroatoms. The van der Waals surface area contributed by atoms with Gasteiger partial charge in [0.1, 0.15) is 0 Å². The monoisotopic (exact) mass is 156 g/mol. The van der Waals surface area contributed by atoms with Gasteiger partial charge in [0.05, 0.1) is 0 Å². The average molecular weight is 156 g/mol. The molecule has 3 N–H and O–H groups in total. The Morgan fingerprint density at radius 1 is 1.55 bits per heavy atom. The van der Waals surface area contributed by atoms with Gasteiger partial charge in [0.2, 0.25) is 5.91 Å². The Kier molecular flexibility index (Phi) is 2.88. The Balaban J connectivity index is 2.38. The zero-order valence-electron chi connectivity index (χ0n) is 6.97. The van der Waals surface area contributed by atoms with Crippen molar-refractivity contribution in [3.63, 3.8) is 0 Å². The van der Waals surface area contributed by atoms with Crippen LogP contribution in [0.4, 0.5) is 0 Å². The zero-order chi connectivity index (χ0) is 8.27. The van der Waals surface area contributed by atoms with Crippen LogP contribution in [0.15, 0.2) is 0 Å². The Labute approximate surface area is 67.3 Å². The number of nitrogens with one attached hydrogen (secondary N) is 1. The number of piperidine rings is 1. The molecule has 0 radical (unpaired) electrons. The molecule has 0 aromatic carbocycles. The van der Waals surface area contributed by atoms with Gasteiger partial charge in [-0.3, -0.25) is 4.79 Å². The first-order valence-corrected chi connectivity index (χ1v) is 4.22. The summed E-state index contributed by atoms with van der Waals surface area (Å²) in [5.41, 5.74) is 5.21. The zero-order valence-corrected chi connectivity index (χ0v) is 6.97. The van der Waals surface area contributed by atoms with Crippen LogP contribution in [0.2, 0.25) is 0 Å². The molecule has 1 heterocycles. The van der Waals surface area contributed by atoms with E-state index in [1.807, 2.05) is 6.92 Å². The van der Waals surface area contributed by atoms with Gasteiger partial charge in [0, 0.05) is 5.92 Å². The van der Waals surface area contributed by atoms with E-state index in [1.54, 1.807) is 0 Å². The van der Waals surface area contributed by atoms with Gasteiger partial charge in [0.25, 0.3) is 0 Å². The molecule has 1 aliphatic heterocycles. The summed E-state index contributed by atoms with van der Waals surface area (Å²) in [6.45, 7) is 3.99. The van der Waals surface area contributed by atoms with Crippen LogP contribution >= 0.6 is 0 Å². The second kappa shape index (κ2) is 3.72. The molecule has 1 amide bonds. The summed E-state index contributed by atoms with van der Waals surface area (Å²) in [4.78, 5) is 10.8. The van der Waals surface area contributed by atoms with E-state index >= 15 is 0 Å². The van der Waals surface area contributed by atoms with Crippen LogP contribution in [-0.4, -0.2) is 19.0 Å². The number of rotatable bonds is 2. The second-order valence-corrected chi connectivity index (χ2v) is 3.28. The fourth-order valence-corrected chi connectivity index (χ4v) is 1.58. The molecule has 0 aliphatic carbocycles. The molecule has 1 fully saturated rings. The first kappa shape index (κ1) is 8.53. The van der Waals surface area contributed by atoms with Gasteiger partial charge in [-0.1, -0.05) is 6.92 Å². The molecule has 64 valence electrons. The SMILES string of the molecule is CC(C(N)=O)C1CCNCC1. The summed E-state index contributed by atoms with van der Waals surface area (Å²) in [6, 6.07) is 0. The predicted octanol–water partition coefficient (Wildman–Crippen LogP) is 0.107. The van der Waals surface area contributed by atoms with Crippen molar-refractivity contribution < 1.29 is 4.79 Å². The predicted molar refractivity (Wildman–Crippen MR) is 44.0 cm³/mol. The van der Waals surface area contributed by atoms with Crippen LogP contribution in [-0.2, 0) is 4.79 Å². The van der Waals surface area contributed by atoms with Crippen LogP contribution in [0.3, 0.4) is 0 Å². The molecule has 1 aliphatic rings. The topological polar surface area (TPSA) is 55.1 Å². The maximum Gasteiger partial charge on any atom is 0.220 e. The molecule has 11 heavy (non-hydrogen) atoms. The minimum Gasteiger partial charge on any atom is -0.369 e. The number of primary amides is 1. The molecular formula is C8H16N2O. The fraction of sp³-hybridized carbons (Fsp3) is 0.875. The van der Waals surface area contributed by atoms with Gasteiger partial charge in [-0.25, -0.2) is 0 Å². The highest BCUT2D eigenvalue weighted by Crippen LogP contribution is 2.20. The maximum absolute atomic E-state index is 10.8. The van der Waals surface area contributed by atoms with Gasteiger partial charge in [-0.15, -0.1) is 0 Å². The van der Waals surface area contributed by atoms with Crippen LogP contribution in [0.5, 0.6) is 0 Å². The molecule has 1 rings (SSSR count). The Hall–Kier alpha value is -0.570. The van der Waals surface area contributed by atoms with Crippen molar-refractivity contribution >= 4 is 5.91 Å². The van der Waals surface area contributed by atoms with Crippen molar-refractivity contribution in [1.82, 2.24) is 5.32 Å². The second-order valence-electron chi connectivity index (χ2n) is 3.28. The van der Waals surface area contributed by atoms with Crippen molar-refractivity contribution in [2.45, 2.75) is 19.8 Å². The number of amides is 1. The molecule has 0 saturated carbocycles. The van der Waals surface area contributed by atoms with E-state index in [2.05, 4.69) is 5.32 Å². The summed E-state index contributed by atoms with van der Waals surface area (Å²) in [6.07, 6.45) is 2.17. The van der Waals surface area contributed by atoms with Crippen molar-refractivity contribution in [3.8, 4) is 0 Å². The third kappa shape index (κ3) is 2.19. The van der Waals surface area contributed by atoms with Crippen molar-refractivity contribution in [1.29, 1.82) is 0 Å². The van der Waals surface area contributed by atoms with Gasteiger partial charge >= 0.3 is 0 Å². The van der Waals surface area contributed by atoms with E-state index in [4.69, 9.17) is 5.73 Å². The molecule has 0 bridgehead atoms.